The Hall–Kier alpha value is -7.42. The van der Waals surface area contributed by atoms with Crippen molar-refractivity contribution in [3.8, 4) is 0 Å². The molecule has 5 rings (SSSR count). The van der Waals surface area contributed by atoms with Crippen molar-refractivity contribution in [2.75, 3.05) is 32.0 Å². The van der Waals surface area contributed by atoms with Gasteiger partial charge in [-0.2, -0.15) is 0 Å². The first-order valence-corrected chi connectivity index (χ1v) is 28.1. The zero-order valence-electron chi connectivity index (χ0n) is 46.0. The summed E-state index contributed by atoms with van der Waals surface area (Å²) in [6, 6.07) is 21.4. The summed E-state index contributed by atoms with van der Waals surface area (Å²) in [5.41, 5.74) is 2.14. The van der Waals surface area contributed by atoms with Gasteiger partial charge in [0.05, 0.1) is 30.4 Å². The van der Waals surface area contributed by atoms with Crippen molar-refractivity contribution >= 4 is 69.1 Å². The Kier molecular flexibility index (Phi) is 21.9. The van der Waals surface area contributed by atoms with Crippen molar-refractivity contribution < 1.29 is 56.3 Å². The molecule has 21 heteroatoms. The van der Waals surface area contributed by atoms with E-state index in [0.717, 1.165) is 11.1 Å². The van der Waals surface area contributed by atoms with Crippen molar-refractivity contribution in [1.82, 2.24) is 35.8 Å². The number of hydrogen-bond donors (Lipinski definition) is 6. The zero-order valence-corrected chi connectivity index (χ0v) is 46.8. The molecule has 20 nitrogen and oxygen atoms in total. The number of carbonyl (C=O) groups excluding carboxylic acids is 9. The van der Waals surface area contributed by atoms with Crippen LogP contribution in [0.3, 0.4) is 0 Å². The first kappa shape index (κ1) is 61.4. The lowest BCUT2D eigenvalue weighted by molar-refractivity contribution is -0.138. The average Bonchev–Trinajstić information content (AvgIpc) is 4.14. The Morgan fingerprint density at radius 1 is 0.769 bits per heavy atom. The summed E-state index contributed by atoms with van der Waals surface area (Å²) in [6.45, 7) is 12.3. The number of carbonyl (C=O) groups is 9. The maximum Gasteiger partial charge on any atom is 0.408 e. The first-order chi connectivity index (χ1) is 36.8. The number of rotatable bonds is 28. The molecule has 78 heavy (non-hydrogen) atoms. The molecule has 2 fully saturated rings. The molecule has 1 saturated heterocycles. The van der Waals surface area contributed by atoms with E-state index in [1.165, 1.54) is 22.8 Å². The van der Waals surface area contributed by atoms with E-state index in [4.69, 9.17) is 4.74 Å². The van der Waals surface area contributed by atoms with Crippen LogP contribution in [0.1, 0.15) is 129 Å². The Balaban J connectivity index is 1.01. The van der Waals surface area contributed by atoms with E-state index in [-0.39, 0.29) is 92.3 Å². The van der Waals surface area contributed by atoms with E-state index in [0.29, 0.717) is 55.5 Å². The third-order valence-electron chi connectivity index (χ3n) is 13.8. The normalized spacial score (nSPS) is 15.0. The molecule has 0 aromatic heterocycles. The van der Waals surface area contributed by atoms with Gasteiger partial charge in [-0.15, -0.1) is 0 Å². The van der Waals surface area contributed by atoms with Crippen molar-refractivity contribution in [1.29, 1.82) is 0 Å². The smallest absolute Gasteiger partial charge is 0.408 e. The SMILES string of the molecule is C/C(=C\C(C(C)C)N(C)C(=O)CNC(=O)CC(C)(C)c1ccccc1)C(=O)NS(=O)(=O)Cc1ccc(C2(NC(=O)OCc3ccc(NC(=O)CNC(=O)C(NC(=O)CCCCCN4C(=O)CCC4=O)C(C)C)cc3)CC2)cc1. The number of imide groups is 1. The maximum absolute atomic E-state index is 13.2. The van der Waals surface area contributed by atoms with Gasteiger partial charge in [0.2, 0.25) is 51.4 Å². The van der Waals surface area contributed by atoms with Crippen LogP contribution in [-0.2, 0) is 76.4 Å². The van der Waals surface area contributed by atoms with E-state index in [9.17, 15) is 51.6 Å². The summed E-state index contributed by atoms with van der Waals surface area (Å²) in [4.78, 5) is 117. The van der Waals surface area contributed by atoms with Gasteiger partial charge in [0.1, 0.15) is 12.6 Å². The van der Waals surface area contributed by atoms with Crippen LogP contribution in [0.15, 0.2) is 90.5 Å². The lowest BCUT2D eigenvalue weighted by atomic mass is 9.81. The molecule has 3 aromatic carbocycles. The number of benzene rings is 3. The standard InChI is InChI=1S/C57H76N8O12S/c1-37(2)45(64(8)51(71)34-58-47(67)32-56(6,7)42-15-11-9-12-16-42)31-39(5)53(72)63-78(75,76)36-41-18-22-43(23-19-41)57(28-29-57)62-55(74)77-35-40-20-24-44(25-21-40)60-48(68)33-59-54(73)52(38(3)4)61-46(66)17-13-10-14-30-65-49(69)26-27-50(65)70/h9,11-12,15-16,18-25,31,37-38,45,52H,10,13-14,17,26-30,32-36H2,1-8H3,(H,58,67)(H,59,73)(H,60,68)(H,61,66)(H,62,74)(H,63,72)/b39-31+. The Labute approximate surface area is 457 Å². The molecule has 3 aromatic rings. The van der Waals surface area contributed by atoms with Crippen LogP contribution >= 0.6 is 0 Å². The number of likely N-dealkylation sites (N-methyl/N-ethyl adjacent to an activating group) is 1. The van der Waals surface area contributed by atoms with E-state index in [1.54, 1.807) is 69.4 Å². The summed E-state index contributed by atoms with van der Waals surface area (Å²) >= 11 is 0. The maximum atomic E-state index is 13.2. The highest BCUT2D eigenvalue weighted by atomic mass is 32.2. The lowest BCUT2D eigenvalue weighted by Crippen LogP contribution is -2.51. The number of likely N-dealkylation sites (tertiary alicyclic amines) is 1. The molecule has 2 unspecified atom stereocenters. The third-order valence-corrected chi connectivity index (χ3v) is 15.0. The fraction of sp³-hybridized carbons (Fsp3) is 0.491. The van der Waals surface area contributed by atoms with Crippen LogP contribution in [0.2, 0.25) is 0 Å². The average molecular weight is 1100 g/mol. The number of amides is 9. The number of nitrogens with one attached hydrogen (secondary N) is 6. The molecular formula is C57H76N8O12S. The summed E-state index contributed by atoms with van der Waals surface area (Å²) in [5, 5.41) is 13.6. The minimum atomic E-state index is -4.16. The van der Waals surface area contributed by atoms with Gasteiger partial charge in [-0.1, -0.05) is 121 Å². The van der Waals surface area contributed by atoms with Gasteiger partial charge in [0, 0.05) is 50.5 Å². The second-order valence-electron chi connectivity index (χ2n) is 21.5. The summed E-state index contributed by atoms with van der Waals surface area (Å²) in [6.07, 6.45) is 4.68. The van der Waals surface area contributed by atoms with Gasteiger partial charge >= 0.3 is 6.09 Å². The molecule has 0 bridgehead atoms. The van der Waals surface area contributed by atoms with Crippen LogP contribution in [0.4, 0.5) is 10.5 Å². The molecule has 1 heterocycles. The zero-order chi connectivity index (χ0) is 57.4. The molecule has 1 aliphatic carbocycles. The highest BCUT2D eigenvalue weighted by Crippen LogP contribution is 2.45. The van der Waals surface area contributed by atoms with Crippen molar-refractivity contribution in [3.05, 3.63) is 113 Å². The van der Waals surface area contributed by atoms with E-state index in [1.807, 2.05) is 58.0 Å². The van der Waals surface area contributed by atoms with E-state index < -0.39 is 62.6 Å². The summed E-state index contributed by atoms with van der Waals surface area (Å²) in [7, 11) is -2.59. The molecular weight excluding hydrogens is 1020 g/mol. The Bertz CT molecular complexity index is 2780. The van der Waals surface area contributed by atoms with Crippen LogP contribution in [0.25, 0.3) is 0 Å². The largest absolute Gasteiger partial charge is 0.445 e. The van der Waals surface area contributed by atoms with Crippen LogP contribution in [0.5, 0.6) is 0 Å². The molecule has 0 spiro atoms. The number of sulfonamides is 1. The number of nitrogens with zero attached hydrogens (tertiary/aromatic N) is 2. The highest BCUT2D eigenvalue weighted by Gasteiger charge is 2.46. The van der Waals surface area contributed by atoms with Gasteiger partial charge in [-0.05, 0) is 84.2 Å². The highest BCUT2D eigenvalue weighted by molar-refractivity contribution is 7.89. The van der Waals surface area contributed by atoms with Crippen LogP contribution < -0.4 is 31.3 Å². The lowest BCUT2D eigenvalue weighted by Gasteiger charge is -2.30. The fourth-order valence-electron chi connectivity index (χ4n) is 8.94. The second-order valence-corrected chi connectivity index (χ2v) is 23.2. The number of anilines is 1. The monoisotopic (exact) mass is 1100 g/mol. The minimum absolute atomic E-state index is 0.0758. The molecule has 2 aliphatic rings. The molecule has 1 aliphatic heterocycles. The molecule has 1 saturated carbocycles. The van der Waals surface area contributed by atoms with E-state index in [2.05, 4.69) is 31.3 Å². The van der Waals surface area contributed by atoms with Gasteiger partial charge in [-0.25, -0.2) is 17.9 Å². The Morgan fingerprint density at radius 2 is 1.40 bits per heavy atom. The van der Waals surface area contributed by atoms with Crippen molar-refractivity contribution in [2.45, 2.75) is 142 Å². The van der Waals surface area contributed by atoms with Gasteiger partial charge in [-0.3, -0.25) is 43.3 Å². The number of unbranched alkanes of at least 4 members (excludes halogenated alkanes) is 2. The molecule has 0 radical (unpaired) electrons. The fourth-order valence-corrected chi connectivity index (χ4v) is 10.1. The van der Waals surface area contributed by atoms with Crippen molar-refractivity contribution in [2.24, 2.45) is 11.8 Å². The summed E-state index contributed by atoms with van der Waals surface area (Å²) in [5.74, 6) is -4.09. The molecule has 2 atom stereocenters. The molecule has 6 N–H and O–H groups in total. The predicted molar refractivity (Wildman–Crippen MR) is 293 cm³/mol. The number of alkyl carbamates (subject to hydrolysis) is 1. The predicted octanol–water partition coefficient (Wildman–Crippen LogP) is 5.37. The van der Waals surface area contributed by atoms with Crippen molar-refractivity contribution in [3.63, 3.8) is 0 Å². The van der Waals surface area contributed by atoms with Crippen LogP contribution in [0, 0.1) is 11.8 Å². The Morgan fingerprint density at radius 3 is 2.00 bits per heavy atom. The van der Waals surface area contributed by atoms with Gasteiger partial charge in [0.15, 0.2) is 0 Å². The summed E-state index contributed by atoms with van der Waals surface area (Å²) < 4.78 is 34.0. The quantitative estimate of drug-likeness (QED) is 0.0305. The number of hydrogen-bond acceptors (Lipinski definition) is 12. The minimum Gasteiger partial charge on any atom is -0.445 e. The third kappa shape index (κ3) is 18.7. The second kappa shape index (κ2) is 27.8. The number of ether oxygens (including phenoxy) is 1. The first-order valence-electron chi connectivity index (χ1n) is 26.4. The van der Waals surface area contributed by atoms with Gasteiger partial charge < -0.3 is 36.2 Å². The van der Waals surface area contributed by atoms with Gasteiger partial charge in [0.25, 0.3) is 5.91 Å². The topological polar surface area (TPSA) is 276 Å². The molecule has 9 amide bonds. The van der Waals surface area contributed by atoms with E-state index >= 15 is 0 Å². The molecule has 422 valence electrons. The van der Waals surface area contributed by atoms with Crippen LogP contribution in [-0.4, -0.2) is 110 Å².